The Bertz CT molecular complexity index is 1230. The smallest absolute Gasteiger partial charge is 0.292 e. The van der Waals surface area contributed by atoms with Crippen molar-refractivity contribution in [1.82, 2.24) is 0 Å². The Morgan fingerprint density at radius 2 is 1.84 bits per heavy atom. The Morgan fingerprint density at radius 1 is 1.06 bits per heavy atom. The molecule has 3 aromatic rings. The molecular weight excluding hydrogens is 412 g/mol. The van der Waals surface area contributed by atoms with Crippen LogP contribution in [-0.4, -0.2) is 31.1 Å². The monoisotopic (exact) mass is 432 g/mol. The van der Waals surface area contributed by atoms with Crippen LogP contribution in [0.4, 0.5) is 22.7 Å². The van der Waals surface area contributed by atoms with Crippen molar-refractivity contribution >= 4 is 28.7 Å². The molecule has 9 nitrogen and oxygen atoms in total. The molecular formula is C23H20N4O5. The van der Waals surface area contributed by atoms with E-state index in [-0.39, 0.29) is 11.6 Å². The molecule has 0 unspecified atom stereocenters. The maximum absolute atomic E-state index is 13.6. The molecule has 2 aliphatic rings. The Labute approximate surface area is 183 Å². The van der Waals surface area contributed by atoms with Crippen LogP contribution in [0.15, 0.2) is 60.7 Å². The van der Waals surface area contributed by atoms with Crippen LogP contribution in [0.5, 0.6) is 11.5 Å². The van der Waals surface area contributed by atoms with Crippen molar-refractivity contribution in [3.05, 3.63) is 81.9 Å². The number of hydrogen-bond acceptors (Lipinski definition) is 7. The fourth-order valence-corrected chi connectivity index (χ4v) is 4.02. The molecule has 0 radical (unpaired) electrons. The molecule has 3 aromatic carbocycles. The number of carbonyl (C=O) groups is 1. The van der Waals surface area contributed by atoms with Gasteiger partial charge in [-0.15, -0.1) is 0 Å². The van der Waals surface area contributed by atoms with Gasteiger partial charge in [0.25, 0.3) is 11.6 Å². The number of fused-ring (bicyclic) bond motifs is 2. The van der Waals surface area contributed by atoms with E-state index in [0.29, 0.717) is 52.9 Å². The molecule has 0 aliphatic carbocycles. The number of nitro benzene ring substituents is 1. The fraction of sp³-hybridized carbons (Fsp3) is 0.174. The molecule has 32 heavy (non-hydrogen) atoms. The summed E-state index contributed by atoms with van der Waals surface area (Å²) in [7, 11) is 1.63. The van der Waals surface area contributed by atoms with Crippen molar-refractivity contribution in [2.24, 2.45) is 0 Å². The average Bonchev–Trinajstić information content (AvgIpc) is 2.83. The van der Waals surface area contributed by atoms with Gasteiger partial charge in [-0.2, -0.15) is 0 Å². The third kappa shape index (κ3) is 3.24. The Morgan fingerprint density at radius 3 is 2.62 bits per heavy atom. The van der Waals surface area contributed by atoms with Gasteiger partial charge in [-0.05, 0) is 30.3 Å². The molecule has 5 rings (SSSR count). The second-order valence-corrected chi connectivity index (χ2v) is 7.38. The quantitative estimate of drug-likeness (QED) is 0.471. The number of hydrogen-bond donors (Lipinski definition) is 2. The van der Waals surface area contributed by atoms with E-state index in [9.17, 15) is 14.9 Å². The number of rotatable bonds is 4. The molecule has 2 N–H and O–H groups in total. The van der Waals surface area contributed by atoms with E-state index in [4.69, 9.17) is 9.47 Å². The molecule has 0 fully saturated rings. The van der Waals surface area contributed by atoms with Crippen molar-refractivity contribution in [1.29, 1.82) is 0 Å². The molecule has 0 aromatic heterocycles. The minimum Gasteiger partial charge on any atom is -0.486 e. The highest BCUT2D eigenvalue weighted by Crippen LogP contribution is 2.41. The van der Waals surface area contributed by atoms with Gasteiger partial charge in [0.05, 0.1) is 16.2 Å². The first-order valence-electron chi connectivity index (χ1n) is 10.1. The van der Waals surface area contributed by atoms with Gasteiger partial charge in [0, 0.05) is 30.4 Å². The van der Waals surface area contributed by atoms with Gasteiger partial charge in [0.1, 0.15) is 25.1 Å². The number of carbonyl (C=O) groups excluding carboxylic acids is 1. The number of nitrogens with one attached hydrogen (secondary N) is 2. The maximum Gasteiger partial charge on any atom is 0.292 e. The highest BCUT2D eigenvalue weighted by atomic mass is 16.6. The Hall–Kier alpha value is -4.27. The summed E-state index contributed by atoms with van der Waals surface area (Å²) in [5.41, 5.74) is 2.67. The van der Waals surface area contributed by atoms with E-state index < -0.39 is 11.1 Å². The largest absolute Gasteiger partial charge is 0.486 e. The number of nitrogens with zero attached hydrogens (tertiary/aromatic N) is 2. The van der Waals surface area contributed by atoms with Gasteiger partial charge in [-0.1, -0.05) is 18.2 Å². The first-order valence-corrected chi connectivity index (χ1v) is 10.1. The van der Waals surface area contributed by atoms with Gasteiger partial charge in [-0.25, -0.2) is 0 Å². The summed E-state index contributed by atoms with van der Waals surface area (Å²) >= 11 is 0. The van der Waals surface area contributed by atoms with E-state index in [1.807, 2.05) is 12.1 Å². The number of ether oxygens (including phenoxy) is 2. The van der Waals surface area contributed by atoms with E-state index >= 15 is 0 Å². The Balaban J connectivity index is 1.65. The van der Waals surface area contributed by atoms with Crippen LogP contribution in [0.1, 0.15) is 22.1 Å². The molecule has 2 heterocycles. The summed E-state index contributed by atoms with van der Waals surface area (Å²) in [5.74, 6) is 0.945. The molecule has 9 heteroatoms. The SMILES string of the molecule is CNc1ccc([C@@H]2Nc3ccccc3C(=O)N2c2ccc3c(c2)OCCO3)cc1[N+](=O)[O-]. The van der Waals surface area contributed by atoms with Crippen molar-refractivity contribution < 1.29 is 19.2 Å². The van der Waals surface area contributed by atoms with Crippen LogP contribution in [0.25, 0.3) is 0 Å². The summed E-state index contributed by atoms with van der Waals surface area (Å²) in [4.78, 5) is 26.3. The van der Waals surface area contributed by atoms with Gasteiger partial charge >= 0.3 is 0 Å². The zero-order chi connectivity index (χ0) is 22.2. The zero-order valence-corrected chi connectivity index (χ0v) is 17.2. The zero-order valence-electron chi connectivity index (χ0n) is 17.2. The van der Waals surface area contributed by atoms with Gasteiger partial charge in [0.15, 0.2) is 11.5 Å². The lowest BCUT2D eigenvalue weighted by Gasteiger charge is -2.38. The van der Waals surface area contributed by atoms with Crippen LogP contribution >= 0.6 is 0 Å². The highest BCUT2D eigenvalue weighted by molar-refractivity contribution is 6.12. The van der Waals surface area contributed by atoms with Crippen molar-refractivity contribution in [3.63, 3.8) is 0 Å². The second kappa shape index (κ2) is 7.77. The standard InChI is InChI=1S/C23H20N4O5/c1-24-18-8-6-14(12-19(18)27(29)30)22-25-17-5-3-2-4-16(17)23(28)26(22)15-7-9-20-21(13-15)32-11-10-31-20/h2-9,12-13,22,24-25H,10-11H2,1H3/t22-/m1/s1. The van der Waals surface area contributed by atoms with Crippen molar-refractivity contribution in [3.8, 4) is 11.5 Å². The number of anilines is 3. The molecule has 0 bridgehead atoms. The summed E-state index contributed by atoms with van der Waals surface area (Å²) in [6.45, 7) is 0.889. The molecule has 2 aliphatic heterocycles. The van der Waals surface area contributed by atoms with Crippen LogP contribution in [0.3, 0.4) is 0 Å². The lowest BCUT2D eigenvalue weighted by Crippen LogP contribution is -2.43. The number of amides is 1. The number of nitro groups is 1. The molecule has 0 saturated heterocycles. The van der Waals surface area contributed by atoms with Crippen molar-refractivity contribution in [2.45, 2.75) is 6.17 Å². The minimum atomic E-state index is -0.662. The van der Waals surface area contributed by atoms with E-state index in [1.54, 1.807) is 54.4 Å². The maximum atomic E-state index is 13.6. The predicted octanol–water partition coefficient (Wildman–Crippen LogP) is 4.18. The molecule has 0 saturated carbocycles. The topological polar surface area (TPSA) is 106 Å². The second-order valence-electron chi connectivity index (χ2n) is 7.38. The van der Waals surface area contributed by atoms with Crippen LogP contribution in [0.2, 0.25) is 0 Å². The fourth-order valence-electron chi connectivity index (χ4n) is 4.02. The van der Waals surface area contributed by atoms with Gasteiger partial charge in [-0.3, -0.25) is 19.8 Å². The first kappa shape index (κ1) is 19.7. The van der Waals surface area contributed by atoms with E-state index in [1.165, 1.54) is 6.07 Å². The number of para-hydroxylation sites is 1. The van der Waals surface area contributed by atoms with E-state index in [2.05, 4.69) is 10.6 Å². The summed E-state index contributed by atoms with van der Waals surface area (Å²) in [6, 6.07) is 17.4. The Kier molecular flexibility index (Phi) is 4.78. The minimum absolute atomic E-state index is 0.0692. The average molecular weight is 432 g/mol. The molecule has 1 atom stereocenters. The van der Waals surface area contributed by atoms with Crippen LogP contribution < -0.4 is 25.0 Å². The molecule has 1 amide bonds. The van der Waals surface area contributed by atoms with Gasteiger partial charge < -0.3 is 20.1 Å². The highest BCUT2D eigenvalue weighted by Gasteiger charge is 2.35. The molecule has 0 spiro atoms. The predicted molar refractivity (Wildman–Crippen MR) is 120 cm³/mol. The number of benzene rings is 3. The van der Waals surface area contributed by atoms with Crippen LogP contribution in [0, 0.1) is 10.1 Å². The summed E-state index contributed by atoms with van der Waals surface area (Å²) in [6.07, 6.45) is -0.662. The summed E-state index contributed by atoms with van der Waals surface area (Å²) < 4.78 is 11.3. The normalized spacial score (nSPS) is 16.7. The lowest BCUT2D eigenvalue weighted by atomic mass is 10.0. The van der Waals surface area contributed by atoms with Gasteiger partial charge in [0.2, 0.25) is 0 Å². The van der Waals surface area contributed by atoms with Crippen molar-refractivity contribution in [2.75, 3.05) is 35.8 Å². The lowest BCUT2D eigenvalue weighted by molar-refractivity contribution is -0.384. The third-order valence-electron chi connectivity index (χ3n) is 5.53. The molecule has 162 valence electrons. The summed E-state index contributed by atoms with van der Waals surface area (Å²) in [5, 5.41) is 17.8. The van der Waals surface area contributed by atoms with Crippen LogP contribution in [-0.2, 0) is 0 Å². The third-order valence-corrected chi connectivity index (χ3v) is 5.53. The first-order chi connectivity index (χ1) is 15.6. The van der Waals surface area contributed by atoms with E-state index in [0.717, 1.165) is 0 Å².